The largest absolute Gasteiger partial charge is 0.343 e. The maximum absolute atomic E-state index is 12.5. The standard InChI is InChI=1S/C21H25N5O/c27-21(13-16-3-1-2-4-16)26-11-7-17(8-12-26)19-6-5-18(14-24-19)25-20-15-22-9-10-23-20/h1,3,5-6,9-10,14-17H,2,4,7-8,11-13H2,(H,23,25)/t16-/m0/s1. The number of carbonyl (C=O) groups is 1. The van der Waals surface area contributed by atoms with E-state index >= 15 is 0 Å². The summed E-state index contributed by atoms with van der Waals surface area (Å²) in [7, 11) is 0. The highest BCUT2D eigenvalue weighted by molar-refractivity contribution is 5.76. The molecule has 1 amide bonds. The lowest BCUT2D eigenvalue weighted by molar-refractivity contribution is -0.132. The predicted molar refractivity (Wildman–Crippen MR) is 105 cm³/mol. The van der Waals surface area contributed by atoms with Crippen LogP contribution in [0.1, 0.15) is 43.7 Å². The molecule has 27 heavy (non-hydrogen) atoms. The van der Waals surface area contributed by atoms with Gasteiger partial charge in [-0.25, -0.2) is 4.98 Å². The SMILES string of the molecule is O=C(C[C@H]1C=CCC1)N1CCC(c2ccc(Nc3cnccn3)cn2)CC1. The second kappa shape index (κ2) is 8.29. The quantitative estimate of drug-likeness (QED) is 0.821. The second-order valence-corrected chi connectivity index (χ2v) is 7.31. The van der Waals surface area contributed by atoms with Crippen LogP contribution in [-0.4, -0.2) is 38.8 Å². The number of carbonyl (C=O) groups excluding carboxylic acids is 1. The van der Waals surface area contributed by atoms with Crippen molar-refractivity contribution < 1.29 is 4.79 Å². The fraction of sp³-hybridized carbons (Fsp3) is 0.429. The summed E-state index contributed by atoms with van der Waals surface area (Å²) in [6.45, 7) is 1.67. The molecule has 1 aliphatic carbocycles. The molecule has 3 heterocycles. The lowest BCUT2D eigenvalue weighted by Crippen LogP contribution is -2.38. The number of rotatable bonds is 5. The fourth-order valence-corrected chi connectivity index (χ4v) is 3.88. The van der Waals surface area contributed by atoms with E-state index in [4.69, 9.17) is 0 Å². The molecule has 1 N–H and O–H groups in total. The summed E-state index contributed by atoms with van der Waals surface area (Å²) in [6.07, 6.45) is 16.1. The van der Waals surface area contributed by atoms with Crippen molar-refractivity contribution in [2.45, 2.75) is 38.0 Å². The molecule has 1 saturated heterocycles. The van der Waals surface area contributed by atoms with Gasteiger partial charge in [-0.1, -0.05) is 12.2 Å². The molecule has 1 fully saturated rings. The first kappa shape index (κ1) is 17.6. The summed E-state index contributed by atoms with van der Waals surface area (Å²) in [6, 6.07) is 4.10. The highest BCUT2D eigenvalue weighted by atomic mass is 16.2. The third-order valence-electron chi connectivity index (χ3n) is 5.44. The molecule has 1 aliphatic heterocycles. The Bertz CT molecular complexity index is 782. The molecule has 6 nitrogen and oxygen atoms in total. The van der Waals surface area contributed by atoms with Crippen LogP contribution in [0.15, 0.2) is 49.1 Å². The van der Waals surface area contributed by atoms with Crippen molar-refractivity contribution >= 4 is 17.4 Å². The average Bonchev–Trinajstić information content (AvgIpc) is 3.22. The molecular weight excluding hydrogens is 338 g/mol. The Morgan fingerprint density at radius 1 is 1.11 bits per heavy atom. The lowest BCUT2D eigenvalue weighted by atomic mass is 9.92. The average molecular weight is 363 g/mol. The molecule has 140 valence electrons. The summed E-state index contributed by atoms with van der Waals surface area (Å²) < 4.78 is 0. The van der Waals surface area contributed by atoms with E-state index in [1.807, 2.05) is 17.2 Å². The minimum Gasteiger partial charge on any atom is -0.343 e. The monoisotopic (exact) mass is 363 g/mol. The number of hydrogen-bond acceptors (Lipinski definition) is 5. The highest BCUT2D eigenvalue weighted by Gasteiger charge is 2.26. The first-order chi connectivity index (χ1) is 13.3. The smallest absolute Gasteiger partial charge is 0.223 e. The molecule has 2 aromatic heterocycles. The van der Waals surface area contributed by atoms with Crippen LogP contribution in [-0.2, 0) is 4.79 Å². The maximum Gasteiger partial charge on any atom is 0.223 e. The zero-order valence-electron chi connectivity index (χ0n) is 15.4. The number of nitrogens with one attached hydrogen (secondary N) is 1. The van der Waals surface area contributed by atoms with Gasteiger partial charge in [0.05, 0.1) is 18.1 Å². The van der Waals surface area contributed by atoms with Gasteiger partial charge >= 0.3 is 0 Å². The van der Waals surface area contributed by atoms with E-state index in [0.29, 0.717) is 30.0 Å². The van der Waals surface area contributed by atoms with Crippen molar-refractivity contribution in [3.63, 3.8) is 0 Å². The molecule has 4 rings (SSSR count). The molecule has 0 radical (unpaired) electrons. The molecule has 2 aliphatic rings. The van der Waals surface area contributed by atoms with E-state index in [-0.39, 0.29) is 0 Å². The lowest BCUT2D eigenvalue weighted by Gasteiger charge is -2.32. The third-order valence-corrected chi connectivity index (χ3v) is 5.44. The van der Waals surface area contributed by atoms with Gasteiger partial charge in [0, 0.05) is 43.5 Å². The van der Waals surface area contributed by atoms with Crippen LogP contribution in [0.4, 0.5) is 11.5 Å². The van der Waals surface area contributed by atoms with E-state index in [0.717, 1.165) is 50.2 Å². The molecular formula is C21H25N5O. The Morgan fingerprint density at radius 3 is 2.67 bits per heavy atom. The van der Waals surface area contributed by atoms with Crippen molar-refractivity contribution in [3.05, 3.63) is 54.8 Å². The summed E-state index contributed by atoms with van der Waals surface area (Å²) >= 11 is 0. The molecule has 0 aromatic carbocycles. The van der Waals surface area contributed by atoms with Crippen LogP contribution in [0.2, 0.25) is 0 Å². The Morgan fingerprint density at radius 2 is 2.00 bits per heavy atom. The zero-order valence-corrected chi connectivity index (χ0v) is 15.4. The predicted octanol–water partition coefficient (Wildman–Crippen LogP) is 3.68. The van der Waals surface area contributed by atoms with Gasteiger partial charge in [-0.3, -0.25) is 14.8 Å². The minimum absolute atomic E-state index is 0.307. The van der Waals surface area contributed by atoms with Gasteiger partial charge < -0.3 is 10.2 Å². The summed E-state index contributed by atoms with van der Waals surface area (Å²) in [5, 5.41) is 3.20. The van der Waals surface area contributed by atoms with Gasteiger partial charge in [-0.2, -0.15) is 0 Å². The van der Waals surface area contributed by atoms with Crippen molar-refractivity contribution in [1.82, 2.24) is 19.9 Å². The molecule has 0 saturated carbocycles. The Labute approximate surface area is 159 Å². The van der Waals surface area contributed by atoms with Crippen molar-refractivity contribution in [2.75, 3.05) is 18.4 Å². The van der Waals surface area contributed by atoms with Gasteiger partial charge in [0.25, 0.3) is 0 Å². The van der Waals surface area contributed by atoms with E-state index in [9.17, 15) is 4.79 Å². The van der Waals surface area contributed by atoms with Crippen molar-refractivity contribution in [2.24, 2.45) is 5.92 Å². The fourth-order valence-electron chi connectivity index (χ4n) is 3.88. The number of anilines is 2. The topological polar surface area (TPSA) is 71.0 Å². The number of aromatic nitrogens is 3. The van der Waals surface area contributed by atoms with Crippen LogP contribution in [0.25, 0.3) is 0 Å². The molecule has 0 unspecified atom stereocenters. The van der Waals surface area contributed by atoms with Crippen LogP contribution >= 0.6 is 0 Å². The highest BCUT2D eigenvalue weighted by Crippen LogP contribution is 2.29. The zero-order chi connectivity index (χ0) is 18.5. The van der Waals surface area contributed by atoms with Crippen molar-refractivity contribution in [3.8, 4) is 0 Å². The number of piperidine rings is 1. The van der Waals surface area contributed by atoms with Crippen molar-refractivity contribution in [1.29, 1.82) is 0 Å². The van der Waals surface area contributed by atoms with E-state index in [1.54, 1.807) is 18.6 Å². The Kier molecular flexibility index (Phi) is 5.42. The van der Waals surface area contributed by atoms with Crippen LogP contribution in [0, 0.1) is 5.92 Å². The Hall–Kier alpha value is -2.76. The summed E-state index contributed by atoms with van der Waals surface area (Å²) in [4.78, 5) is 27.4. The third kappa shape index (κ3) is 4.51. The normalized spacial score (nSPS) is 20.0. The molecule has 2 aromatic rings. The van der Waals surface area contributed by atoms with Gasteiger partial charge in [0.1, 0.15) is 5.82 Å². The molecule has 6 heteroatoms. The molecule has 0 spiro atoms. The van der Waals surface area contributed by atoms with E-state index in [1.165, 1.54) is 0 Å². The number of hydrogen-bond donors (Lipinski definition) is 1. The van der Waals surface area contributed by atoms with Crippen LogP contribution in [0.5, 0.6) is 0 Å². The van der Waals surface area contributed by atoms with Gasteiger partial charge in [-0.15, -0.1) is 0 Å². The van der Waals surface area contributed by atoms with E-state index < -0.39 is 0 Å². The second-order valence-electron chi connectivity index (χ2n) is 7.31. The summed E-state index contributed by atoms with van der Waals surface area (Å²) in [5.74, 6) is 1.88. The van der Waals surface area contributed by atoms with Gasteiger partial charge in [0.15, 0.2) is 0 Å². The van der Waals surface area contributed by atoms with Crippen LogP contribution in [0.3, 0.4) is 0 Å². The molecule has 0 bridgehead atoms. The van der Waals surface area contributed by atoms with Gasteiger partial charge in [-0.05, 0) is 43.7 Å². The number of pyridine rings is 1. The minimum atomic E-state index is 0.307. The number of allylic oxidation sites excluding steroid dienone is 2. The Balaban J connectivity index is 1.29. The maximum atomic E-state index is 12.5. The summed E-state index contributed by atoms with van der Waals surface area (Å²) in [5.41, 5.74) is 2.00. The van der Waals surface area contributed by atoms with Gasteiger partial charge in [0.2, 0.25) is 5.91 Å². The number of likely N-dealkylation sites (tertiary alicyclic amines) is 1. The van der Waals surface area contributed by atoms with E-state index in [2.05, 4.69) is 38.5 Å². The number of amides is 1. The first-order valence-corrected chi connectivity index (χ1v) is 9.71. The number of nitrogens with zero attached hydrogens (tertiary/aromatic N) is 4. The molecule has 1 atom stereocenters. The van der Waals surface area contributed by atoms with Crippen LogP contribution < -0.4 is 5.32 Å². The first-order valence-electron chi connectivity index (χ1n) is 9.71.